The van der Waals surface area contributed by atoms with Gasteiger partial charge < -0.3 is 10.2 Å². The molecular formula is C25H25N3O3S. The summed E-state index contributed by atoms with van der Waals surface area (Å²) >= 11 is 5.46. The average molecular weight is 448 g/mol. The van der Waals surface area contributed by atoms with Crippen molar-refractivity contribution in [3.63, 3.8) is 0 Å². The van der Waals surface area contributed by atoms with Gasteiger partial charge >= 0.3 is 5.97 Å². The lowest BCUT2D eigenvalue weighted by atomic mass is 10.0. The Kier molecular flexibility index (Phi) is 6.19. The average Bonchev–Trinajstić information content (AvgIpc) is 3.35. The normalized spacial score (nSPS) is 13.2. The zero-order valence-corrected chi connectivity index (χ0v) is 18.9. The predicted octanol–water partition coefficient (Wildman–Crippen LogP) is 4.40. The Morgan fingerprint density at radius 1 is 1.16 bits per heavy atom. The van der Waals surface area contributed by atoms with Gasteiger partial charge in [0, 0.05) is 23.9 Å². The molecule has 1 aliphatic rings. The fraction of sp³-hybridized carbons (Fsp3) is 0.280. The molecule has 0 saturated carbocycles. The van der Waals surface area contributed by atoms with Crippen LogP contribution in [0.25, 0.3) is 11.3 Å². The first-order valence-electron chi connectivity index (χ1n) is 10.6. The molecule has 2 N–H and O–H groups in total. The maximum Gasteiger partial charge on any atom is 0.335 e. The fourth-order valence-electron chi connectivity index (χ4n) is 4.13. The maximum atomic E-state index is 11.0. The number of carboxylic acids is 1. The Morgan fingerprint density at radius 2 is 1.88 bits per heavy atom. The van der Waals surface area contributed by atoms with E-state index in [1.54, 1.807) is 28.9 Å². The Morgan fingerprint density at radius 3 is 2.59 bits per heavy atom. The molecule has 0 spiro atoms. The molecule has 32 heavy (non-hydrogen) atoms. The van der Waals surface area contributed by atoms with E-state index in [1.807, 2.05) is 20.0 Å². The van der Waals surface area contributed by atoms with Crippen LogP contribution in [0.5, 0.6) is 5.75 Å². The second-order valence-corrected chi connectivity index (χ2v) is 8.70. The first kappa shape index (κ1) is 21.9. The summed E-state index contributed by atoms with van der Waals surface area (Å²) in [7, 11) is 1.82. The van der Waals surface area contributed by atoms with Crippen LogP contribution in [0.15, 0.2) is 47.5 Å². The highest BCUT2D eigenvalue weighted by Gasteiger charge is 2.20. The van der Waals surface area contributed by atoms with Crippen LogP contribution in [-0.2, 0) is 26.3 Å². The summed E-state index contributed by atoms with van der Waals surface area (Å²) in [5.41, 5.74) is 6.63. The van der Waals surface area contributed by atoms with Crippen molar-refractivity contribution < 1.29 is 15.0 Å². The second kappa shape index (κ2) is 9.04. The summed E-state index contributed by atoms with van der Waals surface area (Å²) in [6.07, 6.45) is 3.90. The van der Waals surface area contributed by atoms with Gasteiger partial charge in [0.2, 0.25) is 0 Å². The quantitative estimate of drug-likeness (QED) is 0.414. The van der Waals surface area contributed by atoms with Crippen LogP contribution in [-0.4, -0.2) is 43.1 Å². The Bertz CT molecular complexity index is 1230. The summed E-state index contributed by atoms with van der Waals surface area (Å²) < 4.78 is 1.70. The zero-order chi connectivity index (χ0) is 22.8. The lowest BCUT2D eigenvalue weighted by Gasteiger charge is -2.06. The fourth-order valence-corrected chi connectivity index (χ4v) is 4.36. The molecular weight excluding hydrogens is 422 g/mol. The van der Waals surface area contributed by atoms with E-state index in [0.717, 1.165) is 28.8 Å². The maximum absolute atomic E-state index is 11.0. The van der Waals surface area contributed by atoms with E-state index in [1.165, 1.54) is 17.5 Å². The summed E-state index contributed by atoms with van der Waals surface area (Å²) in [4.78, 5) is 16.2. The third kappa shape index (κ3) is 4.48. The number of aromatic carboxylic acids is 1. The van der Waals surface area contributed by atoms with Crippen molar-refractivity contribution in [2.45, 2.75) is 32.6 Å². The number of hydrogen-bond donors (Lipinski definition) is 2. The lowest BCUT2D eigenvalue weighted by molar-refractivity contribution is 0.0697. The largest absolute Gasteiger partial charge is 0.504 e. The third-order valence-corrected chi connectivity index (χ3v) is 6.11. The monoisotopic (exact) mass is 447 g/mol. The SMILES string of the molecule is CC(=NCC(=S)Cc1ccc(C(=O)O)cc1)c1nn(C)c(-c2ccc3c(c2)CCC3)c1O. The Hall–Kier alpha value is -3.32. The lowest BCUT2D eigenvalue weighted by Crippen LogP contribution is -2.08. The minimum absolute atomic E-state index is 0.127. The molecule has 0 bridgehead atoms. The number of thiocarbonyl (C=S) groups is 1. The van der Waals surface area contributed by atoms with E-state index < -0.39 is 5.97 Å². The number of rotatable bonds is 7. The molecule has 0 amide bonds. The first-order chi connectivity index (χ1) is 15.3. The number of hydrogen-bond acceptors (Lipinski definition) is 5. The number of aryl methyl sites for hydroxylation is 3. The highest BCUT2D eigenvalue weighted by atomic mass is 32.1. The van der Waals surface area contributed by atoms with Crippen LogP contribution < -0.4 is 0 Å². The van der Waals surface area contributed by atoms with Gasteiger partial charge in [0.05, 0.1) is 17.8 Å². The second-order valence-electron chi connectivity index (χ2n) is 8.13. The van der Waals surface area contributed by atoms with E-state index in [0.29, 0.717) is 30.1 Å². The molecule has 0 atom stereocenters. The van der Waals surface area contributed by atoms with Crippen LogP contribution in [0.1, 0.15) is 46.1 Å². The summed E-state index contributed by atoms with van der Waals surface area (Å²) in [5.74, 6) is -0.823. The molecule has 7 heteroatoms. The molecule has 0 unspecified atom stereocenters. The number of benzene rings is 2. The molecule has 0 radical (unpaired) electrons. The van der Waals surface area contributed by atoms with E-state index in [9.17, 15) is 9.90 Å². The van der Waals surface area contributed by atoms with Gasteiger partial charge in [-0.1, -0.05) is 36.5 Å². The predicted molar refractivity (Wildman–Crippen MR) is 129 cm³/mol. The molecule has 0 fully saturated rings. The van der Waals surface area contributed by atoms with Crippen LogP contribution in [0.3, 0.4) is 0 Å². The Balaban J connectivity index is 1.48. The number of aromatic nitrogens is 2. The molecule has 2 aromatic carbocycles. The molecule has 1 aromatic heterocycles. The van der Waals surface area contributed by atoms with Crippen molar-refractivity contribution in [2.75, 3.05) is 6.54 Å². The van der Waals surface area contributed by atoms with Crippen molar-refractivity contribution in [3.8, 4) is 17.0 Å². The van der Waals surface area contributed by atoms with Crippen LogP contribution in [0, 0.1) is 0 Å². The van der Waals surface area contributed by atoms with E-state index >= 15 is 0 Å². The number of carboxylic acid groups (broad SMARTS) is 1. The molecule has 164 valence electrons. The highest BCUT2D eigenvalue weighted by molar-refractivity contribution is 7.80. The smallest absolute Gasteiger partial charge is 0.335 e. The van der Waals surface area contributed by atoms with Gasteiger partial charge in [-0.05, 0) is 61.1 Å². The van der Waals surface area contributed by atoms with E-state index in [4.69, 9.17) is 17.3 Å². The minimum atomic E-state index is -0.950. The van der Waals surface area contributed by atoms with Crippen molar-refractivity contribution >= 4 is 28.8 Å². The van der Waals surface area contributed by atoms with Gasteiger partial charge in [0.15, 0.2) is 5.75 Å². The summed E-state index contributed by atoms with van der Waals surface area (Å²) in [5, 5.41) is 24.4. The van der Waals surface area contributed by atoms with Crippen molar-refractivity contribution in [2.24, 2.45) is 12.0 Å². The number of fused-ring (bicyclic) bond motifs is 1. The number of nitrogens with zero attached hydrogens (tertiary/aromatic N) is 3. The number of carbonyl (C=O) groups is 1. The van der Waals surface area contributed by atoms with Gasteiger partial charge in [-0.2, -0.15) is 5.10 Å². The molecule has 0 saturated heterocycles. The molecule has 4 rings (SSSR count). The molecule has 0 aliphatic heterocycles. The van der Waals surface area contributed by atoms with Gasteiger partial charge in [-0.25, -0.2) is 4.79 Å². The highest BCUT2D eigenvalue weighted by Crippen LogP contribution is 2.35. The number of aromatic hydroxyl groups is 1. The van der Waals surface area contributed by atoms with Crippen LogP contribution in [0.2, 0.25) is 0 Å². The molecule has 1 heterocycles. The van der Waals surface area contributed by atoms with Crippen LogP contribution in [0.4, 0.5) is 0 Å². The number of aliphatic imine (C=N–C) groups is 1. The molecule has 6 nitrogen and oxygen atoms in total. The molecule has 3 aromatic rings. The first-order valence-corrected chi connectivity index (χ1v) is 11.0. The topological polar surface area (TPSA) is 87.7 Å². The van der Waals surface area contributed by atoms with Gasteiger partial charge in [0.1, 0.15) is 11.4 Å². The zero-order valence-electron chi connectivity index (χ0n) is 18.1. The molecule has 1 aliphatic carbocycles. The third-order valence-electron chi connectivity index (χ3n) is 5.83. The van der Waals surface area contributed by atoms with Crippen molar-refractivity contribution in [3.05, 3.63) is 70.4 Å². The summed E-state index contributed by atoms with van der Waals surface area (Å²) in [6.45, 7) is 2.14. The van der Waals surface area contributed by atoms with E-state index in [2.05, 4.69) is 22.2 Å². The van der Waals surface area contributed by atoms with Crippen LogP contribution >= 0.6 is 12.2 Å². The Labute approximate surface area is 192 Å². The van der Waals surface area contributed by atoms with Gasteiger partial charge in [0.25, 0.3) is 0 Å². The summed E-state index contributed by atoms with van der Waals surface area (Å²) in [6, 6.07) is 13.0. The standard InChI is InChI=1S/C25H25N3O3S/c1-15(26-14-21(32)12-16-6-8-18(9-7-16)25(30)31)22-24(29)23(28(2)27-22)20-11-10-17-4-3-5-19(17)13-20/h6-11,13,29H,3-5,12,14H2,1-2H3,(H,30,31). The van der Waals surface area contributed by atoms with Gasteiger partial charge in [-0.15, -0.1) is 0 Å². The minimum Gasteiger partial charge on any atom is -0.504 e. The van der Waals surface area contributed by atoms with Crippen molar-refractivity contribution in [1.29, 1.82) is 0 Å². The van der Waals surface area contributed by atoms with E-state index in [-0.39, 0.29) is 11.3 Å². The van der Waals surface area contributed by atoms with Crippen molar-refractivity contribution in [1.82, 2.24) is 9.78 Å². The van der Waals surface area contributed by atoms with Gasteiger partial charge in [-0.3, -0.25) is 9.67 Å².